The Kier molecular flexibility index (Phi) is 5.64. The zero-order chi connectivity index (χ0) is 16.9. The molecule has 2 N–H and O–H groups in total. The first-order chi connectivity index (χ1) is 10.9. The Labute approximate surface area is 139 Å². The summed E-state index contributed by atoms with van der Waals surface area (Å²) in [6.45, 7) is 7.49. The van der Waals surface area contributed by atoms with Crippen molar-refractivity contribution in [2.24, 2.45) is 10.4 Å². The van der Waals surface area contributed by atoms with Gasteiger partial charge in [0.05, 0.1) is 0 Å². The average molecular weight is 316 g/mol. The molecule has 0 unspecified atom stereocenters. The number of amides is 1. The smallest absolute Gasteiger partial charge is 0.251 e. The van der Waals surface area contributed by atoms with Crippen LogP contribution in [0.5, 0.6) is 0 Å². The Morgan fingerprint density at radius 2 is 2.17 bits per heavy atom. The molecule has 1 aliphatic rings. The molecule has 2 rings (SSSR count). The van der Waals surface area contributed by atoms with Gasteiger partial charge in [0.25, 0.3) is 5.91 Å². The van der Waals surface area contributed by atoms with E-state index in [0.29, 0.717) is 11.0 Å². The Balaban J connectivity index is 1.88. The number of rotatable bonds is 4. The summed E-state index contributed by atoms with van der Waals surface area (Å²) in [5.41, 5.74) is 2.21. The molecule has 0 saturated carbocycles. The molecule has 0 aliphatic carbocycles. The fourth-order valence-corrected chi connectivity index (χ4v) is 2.96. The van der Waals surface area contributed by atoms with Gasteiger partial charge in [-0.1, -0.05) is 26.0 Å². The van der Waals surface area contributed by atoms with E-state index in [-0.39, 0.29) is 5.91 Å². The highest BCUT2D eigenvalue weighted by atomic mass is 16.1. The van der Waals surface area contributed by atoms with Gasteiger partial charge >= 0.3 is 0 Å². The molecule has 126 valence electrons. The van der Waals surface area contributed by atoms with Crippen LogP contribution < -0.4 is 10.6 Å². The lowest BCUT2D eigenvalue weighted by Gasteiger charge is -2.23. The number of hydrogen-bond acceptors (Lipinski definition) is 2. The van der Waals surface area contributed by atoms with Crippen LogP contribution >= 0.6 is 0 Å². The van der Waals surface area contributed by atoms with Gasteiger partial charge in [0.2, 0.25) is 0 Å². The molecule has 1 aromatic carbocycles. The summed E-state index contributed by atoms with van der Waals surface area (Å²) in [6, 6.07) is 7.76. The van der Waals surface area contributed by atoms with E-state index in [0.717, 1.165) is 37.6 Å². The standard InChI is InChI=1S/C18H28N4O/c1-18(2)9-11-22(13-18)17(20-4)21-10-8-14-6-5-7-15(12-14)16(23)19-3/h5-7,12H,8-11,13H2,1-4H3,(H,19,23)(H,20,21). The van der Waals surface area contributed by atoms with Crippen molar-refractivity contribution in [1.29, 1.82) is 0 Å². The lowest BCUT2D eigenvalue weighted by atomic mass is 9.93. The minimum absolute atomic E-state index is 0.0464. The number of aliphatic imine (C=N–C) groups is 1. The van der Waals surface area contributed by atoms with E-state index >= 15 is 0 Å². The molecular formula is C18H28N4O. The number of likely N-dealkylation sites (tertiary alicyclic amines) is 1. The second-order valence-corrected chi connectivity index (χ2v) is 6.84. The van der Waals surface area contributed by atoms with Crippen LogP contribution in [-0.2, 0) is 6.42 Å². The van der Waals surface area contributed by atoms with Gasteiger partial charge in [-0.2, -0.15) is 0 Å². The summed E-state index contributed by atoms with van der Waals surface area (Å²) in [7, 11) is 3.48. The monoisotopic (exact) mass is 316 g/mol. The van der Waals surface area contributed by atoms with E-state index in [1.807, 2.05) is 25.2 Å². The molecule has 0 bridgehead atoms. The molecule has 0 radical (unpaired) electrons. The predicted octanol–water partition coefficient (Wildman–Crippen LogP) is 1.90. The second kappa shape index (κ2) is 7.49. The lowest BCUT2D eigenvalue weighted by Crippen LogP contribution is -2.41. The Morgan fingerprint density at radius 1 is 1.39 bits per heavy atom. The summed E-state index contributed by atoms with van der Waals surface area (Å²) in [6.07, 6.45) is 2.06. The minimum Gasteiger partial charge on any atom is -0.356 e. The van der Waals surface area contributed by atoms with Crippen LogP contribution in [0, 0.1) is 5.41 Å². The molecule has 0 atom stereocenters. The molecular weight excluding hydrogens is 288 g/mol. The normalized spacial score (nSPS) is 17.2. The third kappa shape index (κ3) is 4.71. The minimum atomic E-state index is -0.0464. The first-order valence-corrected chi connectivity index (χ1v) is 8.22. The van der Waals surface area contributed by atoms with Crippen molar-refractivity contribution < 1.29 is 4.79 Å². The van der Waals surface area contributed by atoms with Crippen molar-refractivity contribution in [3.8, 4) is 0 Å². The van der Waals surface area contributed by atoms with Crippen molar-refractivity contribution in [3.63, 3.8) is 0 Å². The maximum absolute atomic E-state index is 11.7. The van der Waals surface area contributed by atoms with Gasteiger partial charge in [0, 0.05) is 39.3 Å². The quantitative estimate of drug-likeness (QED) is 0.659. The van der Waals surface area contributed by atoms with E-state index in [1.54, 1.807) is 7.05 Å². The van der Waals surface area contributed by atoms with E-state index in [1.165, 1.54) is 6.42 Å². The molecule has 1 amide bonds. The van der Waals surface area contributed by atoms with Gasteiger partial charge in [-0.05, 0) is 36.0 Å². The Morgan fingerprint density at radius 3 is 2.78 bits per heavy atom. The molecule has 5 nitrogen and oxygen atoms in total. The van der Waals surface area contributed by atoms with E-state index in [4.69, 9.17) is 0 Å². The highest BCUT2D eigenvalue weighted by molar-refractivity contribution is 5.94. The zero-order valence-corrected chi connectivity index (χ0v) is 14.6. The highest BCUT2D eigenvalue weighted by Gasteiger charge is 2.30. The van der Waals surface area contributed by atoms with Crippen LogP contribution in [0.1, 0.15) is 36.2 Å². The van der Waals surface area contributed by atoms with Crippen molar-refractivity contribution in [1.82, 2.24) is 15.5 Å². The zero-order valence-electron chi connectivity index (χ0n) is 14.6. The van der Waals surface area contributed by atoms with Gasteiger partial charge in [0.15, 0.2) is 5.96 Å². The molecule has 1 fully saturated rings. The van der Waals surface area contributed by atoms with Crippen LogP contribution in [0.25, 0.3) is 0 Å². The van der Waals surface area contributed by atoms with Crippen molar-refractivity contribution >= 4 is 11.9 Å². The van der Waals surface area contributed by atoms with Crippen LogP contribution in [0.15, 0.2) is 29.3 Å². The number of carbonyl (C=O) groups excluding carboxylic acids is 1. The van der Waals surface area contributed by atoms with E-state index in [9.17, 15) is 4.79 Å². The van der Waals surface area contributed by atoms with Crippen LogP contribution in [-0.4, -0.2) is 50.5 Å². The van der Waals surface area contributed by atoms with Crippen LogP contribution in [0.3, 0.4) is 0 Å². The highest BCUT2D eigenvalue weighted by Crippen LogP contribution is 2.28. The van der Waals surface area contributed by atoms with Crippen molar-refractivity contribution in [3.05, 3.63) is 35.4 Å². The van der Waals surface area contributed by atoms with Gasteiger partial charge in [0.1, 0.15) is 0 Å². The molecule has 1 aliphatic heterocycles. The summed E-state index contributed by atoms with van der Waals surface area (Å²) in [5, 5.41) is 6.09. The predicted molar refractivity (Wildman–Crippen MR) is 94.9 cm³/mol. The summed E-state index contributed by atoms with van der Waals surface area (Å²) in [4.78, 5) is 18.4. The number of guanidine groups is 1. The number of benzene rings is 1. The molecule has 1 heterocycles. The Bertz CT molecular complexity index is 580. The molecule has 0 spiro atoms. The summed E-state index contributed by atoms with van der Waals surface area (Å²) >= 11 is 0. The number of nitrogens with one attached hydrogen (secondary N) is 2. The molecule has 23 heavy (non-hydrogen) atoms. The van der Waals surface area contributed by atoms with E-state index < -0.39 is 0 Å². The van der Waals surface area contributed by atoms with Gasteiger partial charge in [-0.25, -0.2) is 0 Å². The van der Waals surface area contributed by atoms with Crippen molar-refractivity contribution in [2.75, 3.05) is 33.7 Å². The number of nitrogens with zero attached hydrogens (tertiary/aromatic N) is 2. The topological polar surface area (TPSA) is 56.7 Å². The maximum Gasteiger partial charge on any atom is 0.251 e. The number of hydrogen-bond donors (Lipinski definition) is 2. The first-order valence-electron chi connectivity index (χ1n) is 8.22. The van der Waals surface area contributed by atoms with Crippen LogP contribution in [0.4, 0.5) is 0 Å². The van der Waals surface area contributed by atoms with E-state index in [2.05, 4.69) is 40.4 Å². The number of carbonyl (C=O) groups is 1. The summed E-state index contributed by atoms with van der Waals surface area (Å²) < 4.78 is 0. The maximum atomic E-state index is 11.7. The second-order valence-electron chi connectivity index (χ2n) is 6.84. The Hall–Kier alpha value is -2.04. The lowest BCUT2D eigenvalue weighted by molar-refractivity contribution is 0.0963. The van der Waals surface area contributed by atoms with Gasteiger partial charge < -0.3 is 15.5 Å². The van der Waals surface area contributed by atoms with Gasteiger partial charge in [-0.3, -0.25) is 9.79 Å². The third-order valence-corrected chi connectivity index (χ3v) is 4.30. The molecule has 1 saturated heterocycles. The van der Waals surface area contributed by atoms with Crippen LogP contribution in [0.2, 0.25) is 0 Å². The fourth-order valence-electron chi connectivity index (χ4n) is 2.96. The largest absolute Gasteiger partial charge is 0.356 e. The summed E-state index contributed by atoms with van der Waals surface area (Å²) in [5.74, 6) is 0.924. The SMILES string of the molecule is CN=C(NCCc1cccc(C(=O)NC)c1)N1CCC(C)(C)C1. The fraction of sp³-hybridized carbons (Fsp3) is 0.556. The first kappa shape index (κ1) is 17.3. The third-order valence-electron chi connectivity index (χ3n) is 4.30. The average Bonchev–Trinajstić information content (AvgIpc) is 2.91. The molecule has 0 aromatic heterocycles. The molecule has 1 aromatic rings. The van der Waals surface area contributed by atoms with Gasteiger partial charge in [-0.15, -0.1) is 0 Å². The van der Waals surface area contributed by atoms with Crippen molar-refractivity contribution in [2.45, 2.75) is 26.7 Å². The molecule has 5 heteroatoms.